The molecule has 24 valence electrons. The molecule has 0 bridgehead atoms. The van der Waals surface area contributed by atoms with Gasteiger partial charge in [0.2, 0.25) is 0 Å². The van der Waals surface area contributed by atoms with E-state index in [-0.39, 0.29) is 17.6 Å². The van der Waals surface area contributed by atoms with Gasteiger partial charge in [0, 0.05) is 0 Å². The topological polar surface area (TPSA) is 0 Å². The van der Waals surface area contributed by atoms with Crippen LogP contribution in [0.15, 0.2) is 0 Å². The summed E-state index contributed by atoms with van der Waals surface area (Å²) in [5.41, 5.74) is 0. The third-order valence-corrected chi connectivity index (χ3v) is 0. The monoisotopic (exact) mass is 350 g/mol. The molecule has 0 aliphatic carbocycles. The zero-order valence-electron chi connectivity index (χ0n) is 1.46. The summed E-state index contributed by atoms with van der Waals surface area (Å²) in [7, 11) is 9.97. The number of rotatable bonds is 0. The van der Waals surface area contributed by atoms with Crippen LogP contribution in [0.25, 0.3) is 0 Å². The van der Waals surface area contributed by atoms with E-state index in [4.69, 9.17) is 16.5 Å². The molecule has 0 nitrogen and oxygen atoms in total. The van der Waals surface area contributed by atoms with Gasteiger partial charge in [-0.2, -0.15) is 0 Å². The van der Waals surface area contributed by atoms with E-state index in [1.165, 1.54) is 0 Å². The molecule has 0 aromatic carbocycles. The van der Waals surface area contributed by atoms with Gasteiger partial charge >= 0.3 is 56.2 Å². The van der Waals surface area contributed by atoms with Gasteiger partial charge in [0.15, 0.2) is 0 Å². The Balaban J connectivity index is 0. The van der Waals surface area contributed by atoms with E-state index in [0.717, 1.165) is 0 Å². The molecule has 0 aliphatic rings. The fourth-order valence-electron chi connectivity index (χ4n) is 0. The minimum atomic E-state index is -1.14. The molecule has 0 fully saturated rings. The van der Waals surface area contributed by atoms with E-state index in [0.29, 0.717) is 0 Å². The molecular formula is H4Cl2GeHg. The van der Waals surface area contributed by atoms with Crippen LogP contribution in [0.4, 0.5) is 0 Å². The van der Waals surface area contributed by atoms with Crippen LogP contribution in [-0.4, -0.2) is 17.6 Å². The second-order valence-corrected chi connectivity index (χ2v) is 7.98. The molecule has 0 unspecified atom stereocenters. The molecule has 0 saturated heterocycles. The quantitative estimate of drug-likeness (QED) is 0.538. The third kappa shape index (κ3) is 8.96. The Morgan fingerprint density at radius 1 is 1.25 bits per heavy atom. The molecule has 0 heterocycles. The molecule has 0 aliphatic heterocycles. The van der Waals surface area contributed by atoms with Crippen molar-refractivity contribution in [1.82, 2.24) is 0 Å². The van der Waals surface area contributed by atoms with Crippen LogP contribution in [0.3, 0.4) is 0 Å². The fourth-order valence-corrected chi connectivity index (χ4v) is 0. The van der Waals surface area contributed by atoms with Crippen LogP contribution in [0.5, 0.6) is 0 Å². The van der Waals surface area contributed by atoms with Gasteiger partial charge < -0.3 is 0 Å². The number of hydrogen-bond acceptors (Lipinski definition) is 0. The van der Waals surface area contributed by atoms with Crippen LogP contribution in [-0.2, 0) is 22.1 Å². The van der Waals surface area contributed by atoms with Crippen molar-refractivity contribution in [3.05, 3.63) is 0 Å². The molecule has 4 heteroatoms. The molecular weight excluding hydrogens is 344 g/mol. The second-order valence-electron chi connectivity index (χ2n) is 0.101. The summed E-state index contributed by atoms with van der Waals surface area (Å²) in [5, 5.41) is 0. The van der Waals surface area contributed by atoms with Gasteiger partial charge in [-0.3, -0.25) is 0 Å². The molecule has 0 amide bonds. The molecule has 0 atom stereocenters. The first-order valence-electron chi connectivity index (χ1n) is 0.535. The van der Waals surface area contributed by atoms with Gasteiger partial charge in [-0.1, -0.05) is 0 Å². The normalized spacial score (nSPS) is 2.50. The maximum absolute atomic E-state index is 4.99. The summed E-state index contributed by atoms with van der Waals surface area (Å²) in [5.74, 6) is 0. The Morgan fingerprint density at radius 2 is 1.25 bits per heavy atom. The van der Waals surface area contributed by atoms with E-state index in [2.05, 4.69) is 0 Å². The van der Waals surface area contributed by atoms with Gasteiger partial charge in [0.25, 0.3) is 0 Å². The van der Waals surface area contributed by atoms with Crippen molar-refractivity contribution in [2.24, 2.45) is 0 Å². The van der Waals surface area contributed by atoms with Crippen LogP contribution in [0.2, 0.25) is 0 Å². The molecule has 0 spiro atoms. The average Bonchev–Trinajstić information content (AvgIpc) is 0.918. The Hall–Kier alpha value is 2.06. The first-order chi connectivity index (χ1) is 1.41. The Labute approximate surface area is 55.5 Å². The average molecular weight is 348 g/mol. The SMILES string of the molecule is [Cl][Hg][Cl].[GeH4]. The van der Waals surface area contributed by atoms with Crippen molar-refractivity contribution >= 4 is 34.1 Å². The van der Waals surface area contributed by atoms with Gasteiger partial charge in [0.1, 0.15) is 0 Å². The fraction of sp³-hybridized carbons (Fsp3) is 0. The second kappa shape index (κ2) is 8.91. The first-order valence-corrected chi connectivity index (χ1v) is 14.1. The third-order valence-electron chi connectivity index (χ3n) is 0. The minimum absolute atomic E-state index is 0. The maximum atomic E-state index is 4.99. The molecule has 0 radical (unpaired) electrons. The van der Waals surface area contributed by atoms with Gasteiger partial charge in [0.05, 0.1) is 0 Å². The van der Waals surface area contributed by atoms with E-state index in [9.17, 15) is 0 Å². The Bertz CT molecular complexity index is 6.00. The van der Waals surface area contributed by atoms with E-state index < -0.39 is 22.1 Å². The molecule has 0 N–H and O–H groups in total. The Morgan fingerprint density at radius 3 is 1.25 bits per heavy atom. The Kier molecular flexibility index (Phi) is 21.0. The number of hydrogen-bond donors (Lipinski definition) is 0. The van der Waals surface area contributed by atoms with Crippen molar-refractivity contribution in [1.29, 1.82) is 0 Å². The van der Waals surface area contributed by atoms with E-state index in [1.807, 2.05) is 0 Å². The summed E-state index contributed by atoms with van der Waals surface area (Å²) < 4.78 is 0. The van der Waals surface area contributed by atoms with Gasteiger partial charge in [-0.15, -0.1) is 0 Å². The molecule has 0 saturated carbocycles. The summed E-state index contributed by atoms with van der Waals surface area (Å²) in [6.07, 6.45) is 0. The standard InChI is InChI=1S/2ClH.GeH4.Hg/h2*1H;1H4;/q;;;+2/p-2. The predicted octanol–water partition coefficient (Wildman–Crippen LogP) is -0.0751. The van der Waals surface area contributed by atoms with Gasteiger partial charge in [-0.25, -0.2) is 0 Å². The zero-order valence-corrected chi connectivity index (χ0v) is 8.47. The van der Waals surface area contributed by atoms with Crippen molar-refractivity contribution in [3.63, 3.8) is 0 Å². The van der Waals surface area contributed by atoms with Crippen molar-refractivity contribution in [2.45, 2.75) is 0 Å². The van der Waals surface area contributed by atoms with Crippen molar-refractivity contribution in [2.75, 3.05) is 0 Å². The van der Waals surface area contributed by atoms with Crippen LogP contribution < -0.4 is 0 Å². The molecule has 4 heavy (non-hydrogen) atoms. The summed E-state index contributed by atoms with van der Waals surface area (Å²) >= 11 is -1.14. The van der Waals surface area contributed by atoms with E-state index in [1.54, 1.807) is 0 Å². The first kappa shape index (κ1) is 9.41. The van der Waals surface area contributed by atoms with Crippen molar-refractivity contribution < 1.29 is 22.1 Å². The van der Waals surface area contributed by atoms with Crippen LogP contribution in [0, 0.1) is 0 Å². The van der Waals surface area contributed by atoms with Crippen LogP contribution in [0.1, 0.15) is 0 Å². The number of halogens is 2. The van der Waals surface area contributed by atoms with Gasteiger partial charge in [-0.05, 0) is 0 Å². The predicted molar refractivity (Wildman–Crippen MR) is 23.0 cm³/mol. The molecule has 0 rings (SSSR count). The molecule has 0 aromatic heterocycles. The van der Waals surface area contributed by atoms with Crippen LogP contribution >= 0.6 is 16.5 Å². The van der Waals surface area contributed by atoms with E-state index >= 15 is 0 Å². The summed E-state index contributed by atoms with van der Waals surface area (Å²) in [6, 6.07) is 0. The van der Waals surface area contributed by atoms with Crippen molar-refractivity contribution in [3.8, 4) is 0 Å². The zero-order chi connectivity index (χ0) is 2.71. The summed E-state index contributed by atoms with van der Waals surface area (Å²) in [4.78, 5) is 0. The summed E-state index contributed by atoms with van der Waals surface area (Å²) in [6.45, 7) is 0. The molecule has 0 aromatic rings.